The fourth-order valence-electron chi connectivity index (χ4n) is 3.09. The summed E-state index contributed by atoms with van der Waals surface area (Å²) in [6.45, 7) is 0. The SMILES string of the molecule is O=CC12CC(c3ccccc3)(C1)C2. The molecule has 3 aliphatic rings. The molecule has 0 heterocycles. The highest BCUT2D eigenvalue weighted by Crippen LogP contribution is 2.72. The molecule has 1 aromatic rings. The number of hydrogen-bond donors (Lipinski definition) is 0. The molecule has 2 bridgehead atoms. The van der Waals surface area contributed by atoms with Crippen molar-refractivity contribution in [1.29, 1.82) is 0 Å². The summed E-state index contributed by atoms with van der Waals surface area (Å²) in [5.41, 5.74) is 1.91. The third kappa shape index (κ3) is 0.749. The first kappa shape index (κ1) is 7.31. The fraction of sp³-hybridized carbons (Fsp3) is 0.417. The number of rotatable bonds is 2. The van der Waals surface area contributed by atoms with Crippen molar-refractivity contribution in [3.05, 3.63) is 35.9 Å². The highest BCUT2D eigenvalue weighted by atomic mass is 16.1. The first-order valence-corrected chi connectivity index (χ1v) is 4.81. The summed E-state index contributed by atoms with van der Waals surface area (Å²) < 4.78 is 0. The van der Waals surface area contributed by atoms with Crippen molar-refractivity contribution in [1.82, 2.24) is 0 Å². The van der Waals surface area contributed by atoms with E-state index in [9.17, 15) is 4.79 Å². The van der Waals surface area contributed by atoms with Gasteiger partial charge in [-0.05, 0) is 30.2 Å². The molecule has 0 radical (unpaired) electrons. The van der Waals surface area contributed by atoms with Crippen LogP contribution in [0.25, 0.3) is 0 Å². The van der Waals surface area contributed by atoms with Gasteiger partial charge in [0, 0.05) is 5.41 Å². The highest BCUT2D eigenvalue weighted by Gasteiger charge is 2.68. The van der Waals surface area contributed by atoms with Crippen LogP contribution in [0.5, 0.6) is 0 Å². The summed E-state index contributed by atoms with van der Waals surface area (Å²) >= 11 is 0. The number of carbonyl (C=O) groups excluding carboxylic acids is 1. The maximum absolute atomic E-state index is 10.7. The second kappa shape index (κ2) is 2.03. The van der Waals surface area contributed by atoms with Gasteiger partial charge in [0.1, 0.15) is 6.29 Å². The van der Waals surface area contributed by atoms with E-state index in [1.807, 2.05) is 6.07 Å². The third-order valence-electron chi connectivity index (χ3n) is 3.71. The van der Waals surface area contributed by atoms with E-state index in [4.69, 9.17) is 0 Å². The van der Waals surface area contributed by atoms with Gasteiger partial charge in [-0.1, -0.05) is 30.3 Å². The number of carbonyl (C=O) groups is 1. The molecule has 0 unspecified atom stereocenters. The smallest absolute Gasteiger partial charge is 0.126 e. The molecule has 1 heteroatoms. The number of hydrogen-bond acceptors (Lipinski definition) is 1. The Morgan fingerprint density at radius 2 is 1.69 bits per heavy atom. The van der Waals surface area contributed by atoms with E-state index in [0.717, 1.165) is 25.5 Å². The Morgan fingerprint density at radius 1 is 1.08 bits per heavy atom. The molecule has 3 aliphatic carbocycles. The van der Waals surface area contributed by atoms with Crippen molar-refractivity contribution in [2.24, 2.45) is 5.41 Å². The number of aldehydes is 1. The van der Waals surface area contributed by atoms with Crippen molar-refractivity contribution in [3.63, 3.8) is 0 Å². The molecule has 0 N–H and O–H groups in total. The van der Waals surface area contributed by atoms with Crippen molar-refractivity contribution < 1.29 is 4.79 Å². The van der Waals surface area contributed by atoms with Crippen LogP contribution < -0.4 is 0 Å². The van der Waals surface area contributed by atoms with E-state index in [0.29, 0.717) is 5.41 Å². The van der Waals surface area contributed by atoms with Crippen LogP contribution in [0.2, 0.25) is 0 Å². The minimum Gasteiger partial charge on any atom is -0.303 e. The zero-order chi connectivity index (χ0) is 8.94. The Balaban J connectivity index is 1.89. The van der Waals surface area contributed by atoms with Crippen LogP contribution in [0.4, 0.5) is 0 Å². The lowest BCUT2D eigenvalue weighted by Gasteiger charge is -2.68. The van der Waals surface area contributed by atoms with Crippen LogP contribution in [0.1, 0.15) is 24.8 Å². The molecule has 3 saturated carbocycles. The van der Waals surface area contributed by atoms with Crippen LogP contribution in [0.3, 0.4) is 0 Å². The molecule has 1 aromatic carbocycles. The van der Waals surface area contributed by atoms with E-state index in [2.05, 4.69) is 24.3 Å². The summed E-state index contributed by atoms with van der Waals surface area (Å²) in [7, 11) is 0. The molecule has 0 saturated heterocycles. The first-order chi connectivity index (χ1) is 6.29. The Kier molecular flexibility index (Phi) is 1.14. The molecule has 66 valence electrons. The minimum atomic E-state index is 0.0931. The Labute approximate surface area is 77.8 Å². The van der Waals surface area contributed by atoms with Gasteiger partial charge < -0.3 is 4.79 Å². The minimum absolute atomic E-state index is 0.0931. The molecule has 3 fully saturated rings. The summed E-state index contributed by atoms with van der Waals surface area (Å²) in [6, 6.07) is 10.6. The standard InChI is InChI=1S/C12H12O/c13-9-11-6-12(7-11,8-11)10-4-2-1-3-5-10/h1-5,9H,6-8H2. The molecule has 0 aromatic heterocycles. The molecule has 0 aliphatic heterocycles. The highest BCUT2D eigenvalue weighted by molar-refractivity contribution is 5.69. The van der Waals surface area contributed by atoms with E-state index < -0.39 is 0 Å². The lowest BCUT2D eigenvalue weighted by Crippen LogP contribution is -2.65. The van der Waals surface area contributed by atoms with Crippen LogP contribution in [-0.4, -0.2) is 6.29 Å². The van der Waals surface area contributed by atoms with Crippen LogP contribution in [-0.2, 0) is 10.2 Å². The van der Waals surface area contributed by atoms with Gasteiger partial charge in [-0.15, -0.1) is 0 Å². The van der Waals surface area contributed by atoms with Crippen molar-refractivity contribution in [2.75, 3.05) is 0 Å². The predicted octanol–water partition coefficient (Wildman–Crippen LogP) is 2.31. The van der Waals surface area contributed by atoms with Gasteiger partial charge in [-0.25, -0.2) is 0 Å². The zero-order valence-electron chi connectivity index (χ0n) is 7.49. The normalized spacial score (nSPS) is 40.3. The Bertz CT molecular complexity index is 333. The molecular formula is C12H12O. The Hall–Kier alpha value is -1.11. The van der Waals surface area contributed by atoms with Crippen molar-refractivity contribution in [3.8, 4) is 0 Å². The van der Waals surface area contributed by atoms with E-state index in [1.54, 1.807) is 0 Å². The lowest BCUT2D eigenvalue weighted by atomic mass is 9.34. The fourth-order valence-corrected chi connectivity index (χ4v) is 3.09. The van der Waals surface area contributed by atoms with Crippen LogP contribution in [0.15, 0.2) is 30.3 Å². The van der Waals surface area contributed by atoms with Gasteiger partial charge in [0.25, 0.3) is 0 Å². The third-order valence-corrected chi connectivity index (χ3v) is 3.71. The maximum atomic E-state index is 10.7. The molecule has 4 rings (SSSR count). The molecule has 0 spiro atoms. The summed E-state index contributed by atoms with van der Waals surface area (Å²) in [6.07, 6.45) is 4.44. The molecule has 1 nitrogen and oxygen atoms in total. The Morgan fingerprint density at radius 3 is 2.23 bits per heavy atom. The summed E-state index contributed by atoms with van der Waals surface area (Å²) in [4.78, 5) is 10.7. The molecule has 0 atom stereocenters. The van der Waals surface area contributed by atoms with Gasteiger partial charge in [-0.3, -0.25) is 0 Å². The summed E-state index contributed by atoms with van der Waals surface area (Å²) in [5.74, 6) is 0. The average molecular weight is 172 g/mol. The van der Waals surface area contributed by atoms with E-state index in [-0.39, 0.29) is 5.41 Å². The first-order valence-electron chi connectivity index (χ1n) is 4.81. The second-order valence-corrected chi connectivity index (χ2v) is 4.66. The lowest BCUT2D eigenvalue weighted by molar-refractivity contribution is -0.159. The van der Waals surface area contributed by atoms with Crippen LogP contribution >= 0.6 is 0 Å². The maximum Gasteiger partial charge on any atom is 0.126 e. The van der Waals surface area contributed by atoms with Gasteiger partial charge in [0.15, 0.2) is 0 Å². The van der Waals surface area contributed by atoms with Gasteiger partial charge >= 0.3 is 0 Å². The van der Waals surface area contributed by atoms with E-state index >= 15 is 0 Å². The number of benzene rings is 1. The molecule has 0 amide bonds. The quantitative estimate of drug-likeness (QED) is 0.625. The van der Waals surface area contributed by atoms with Gasteiger partial charge in [0.05, 0.1) is 0 Å². The monoisotopic (exact) mass is 172 g/mol. The average Bonchev–Trinajstić information content (AvgIpc) is 2.02. The van der Waals surface area contributed by atoms with Gasteiger partial charge in [-0.2, -0.15) is 0 Å². The largest absolute Gasteiger partial charge is 0.303 e. The van der Waals surface area contributed by atoms with E-state index in [1.165, 1.54) is 5.56 Å². The van der Waals surface area contributed by atoms with Crippen molar-refractivity contribution in [2.45, 2.75) is 24.7 Å². The molecular weight excluding hydrogens is 160 g/mol. The van der Waals surface area contributed by atoms with Crippen LogP contribution in [0, 0.1) is 5.41 Å². The second-order valence-electron chi connectivity index (χ2n) is 4.66. The van der Waals surface area contributed by atoms with Crippen molar-refractivity contribution >= 4 is 6.29 Å². The zero-order valence-corrected chi connectivity index (χ0v) is 7.49. The predicted molar refractivity (Wildman–Crippen MR) is 50.5 cm³/mol. The summed E-state index contributed by atoms with van der Waals surface area (Å²) in [5, 5.41) is 0. The molecule has 13 heavy (non-hydrogen) atoms. The van der Waals surface area contributed by atoms with Gasteiger partial charge in [0.2, 0.25) is 0 Å². The topological polar surface area (TPSA) is 17.1 Å².